The van der Waals surface area contributed by atoms with Gasteiger partial charge < -0.3 is 9.64 Å². The van der Waals surface area contributed by atoms with Gasteiger partial charge in [-0.15, -0.1) is 0 Å². The highest BCUT2D eigenvalue weighted by molar-refractivity contribution is 6.06. The van der Waals surface area contributed by atoms with Crippen molar-refractivity contribution in [2.45, 2.75) is 26.3 Å². The molecular formula is C19H22N2O. The first-order chi connectivity index (χ1) is 10.8. The Morgan fingerprint density at radius 3 is 2.59 bits per heavy atom. The standard InChI is InChI=1S/C19H22N2O/c1-3-6-18-17-7-4-5-8-19(17)21(14-20-18)13-15-9-11-16(22-2)12-10-15/h4-5,7-12H,3,6,13-14H2,1-2H3. The Balaban J connectivity index is 1.83. The van der Waals surface area contributed by atoms with E-state index in [4.69, 9.17) is 9.73 Å². The molecule has 1 heterocycles. The molecule has 1 aliphatic heterocycles. The zero-order valence-electron chi connectivity index (χ0n) is 13.2. The summed E-state index contributed by atoms with van der Waals surface area (Å²) in [6.45, 7) is 3.80. The summed E-state index contributed by atoms with van der Waals surface area (Å²) in [5.41, 5.74) is 5.08. The van der Waals surface area contributed by atoms with Gasteiger partial charge in [-0.05, 0) is 30.2 Å². The molecule has 0 radical (unpaired) electrons. The van der Waals surface area contributed by atoms with Crippen LogP contribution in [0, 0.1) is 0 Å². The molecule has 0 saturated carbocycles. The highest BCUT2D eigenvalue weighted by atomic mass is 16.5. The number of hydrogen-bond donors (Lipinski definition) is 0. The quantitative estimate of drug-likeness (QED) is 0.823. The largest absolute Gasteiger partial charge is 0.497 e. The van der Waals surface area contributed by atoms with Crippen LogP contribution < -0.4 is 9.64 Å². The number of hydrogen-bond acceptors (Lipinski definition) is 3. The molecule has 0 amide bonds. The smallest absolute Gasteiger partial charge is 0.118 e. The van der Waals surface area contributed by atoms with E-state index in [2.05, 4.69) is 48.2 Å². The molecule has 0 fully saturated rings. The van der Waals surface area contributed by atoms with Crippen LogP contribution in [0.2, 0.25) is 0 Å². The van der Waals surface area contributed by atoms with E-state index in [1.807, 2.05) is 12.1 Å². The minimum atomic E-state index is 0.734. The number of methoxy groups -OCH3 is 1. The fourth-order valence-corrected chi connectivity index (χ4v) is 2.86. The van der Waals surface area contributed by atoms with E-state index < -0.39 is 0 Å². The molecule has 0 bridgehead atoms. The van der Waals surface area contributed by atoms with Gasteiger partial charge >= 0.3 is 0 Å². The second-order valence-electron chi connectivity index (χ2n) is 5.56. The number of anilines is 1. The van der Waals surface area contributed by atoms with E-state index >= 15 is 0 Å². The summed E-state index contributed by atoms with van der Waals surface area (Å²) < 4.78 is 5.22. The van der Waals surface area contributed by atoms with Gasteiger partial charge in [-0.25, -0.2) is 0 Å². The van der Waals surface area contributed by atoms with Crippen molar-refractivity contribution in [3.8, 4) is 5.75 Å². The predicted molar refractivity (Wildman–Crippen MR) is 91.9 cm³/mol. The summed E-state index contributed by atoms with van der Waals surface area (Å²) in [7, 11) is 1.69. The maximum atomic E-state index is 5.22. The highest BCUT2D eigenvalue weighted by Gasteiger charge is 2.19. The lowest BCUT2D eigenvalue weighted by molar-refractivity contribution is 0.414. The third kappa shape index (κ3) is 2.98. The molecule has 0 atom stereocenters. The second kappa shape index (κ2) is 6.65. The fraction of sp³-hybridized carbons (Fsp3) is 0.316. The van der Waals surface area contributed by atoms with Crippen LogP contribution in [0.1, 0.15) is 30.9 Å². The third-order valence-electron chi connectivity index (χ3n) is 4.01. The summed E-state index contributed by atoms with van der Waals surface area (Å²) >= 11 is 0. The van der Waals surface area contributed by atoms with Crippen LogP contribution in [0.25, 0.3) is 0 Å². The number of aliphatic imine (C=N–C) groups is 1. The zero-order valence-corrected chi connectivity index (χ0v) is 13.2. The van der Waals surface area contributed by atoms with Gasteiger partial charge in [0.1, 0.15) is 12.4 Å². The molecule has 114 valence electrons. The molecule has 0 saturated heterocycles. The van der Waals surface area contributed by atoms with Gasteiger partial charge in [-0.1, -0.05) is 43.7 Å². The van der Waals surface area contributed by atoms with Crippen LogP contribution >= 0.6 is 0 Å². The van der Waals surface area contributed by atoms with Crippen LogP contribution in [-0.4, -0.2) is 19.5 Å². The van der Waals surface area contributed by atoms with E-state index in [1.165, 1.54) is 22.5 Å². The van der Waals surface area contributed by atoms with Crippen molar-refractivity contribution in [3.05, 3.63) is 59.7 Å². The van der Waals surface area contributed by atoms with Gasteiger partial charge in [-0.2, -0.15) is 0 Å². The lowest BCUT2D eigenvalue weighted by Crippen LogP contribution is -2.29. The maximum absolute atomic E-state index is 5.22. The molecule has 3 rings (SSSR count). The van der Waals surface area contributed by atoms with E-state index in [0.29, 0.717) is 0 Å². The summed E-state index contributed by atoms with van der Waals surface area (Å²) in [4.78, 5) is 7.12. The first-order valence-corrected chi connectivity index (χ1v) is 7.82. The summed E-state index contributed by atoms with van der Waals surface area (Å²) in [6.07, 6.45) is 2.18. The van der Waals surface area contributed by atoms with E-state index in [1.54, 1.807) is 7.11 Å². The lowest BCUT2D eigenvalue weighted by atomic mass is 10.0. The van der Waals surface area contributed by atoms with Gasteiger partial charge in [0.25, 0.3) is 0 Å². The van der Waals surface area contributed by atoms with Crippen LogP contribution in [0.15, 0.2) is 53.5 Å². The number of nitrogens with zero attached hydrogens (tertiary/aromatic N) is 2. The number of para-hydroxylation sites is 1. The molecular weight excluding hydrogens is 272 g/mol. The van der Waals surface area contributed by atoms with Crippen LogP contribution in [0.4, 0.5) is 5.69 Å². The van der Waals surface area contributed by atoms with Crippen LogP contribution in [-0.2, 0) is 6.54 Å². The van der Waals surface area contributed by atoms with E-state index in [-0.39, 0.29) is 0 Å². The predicted octanol–water partition coefficient (Wildman–Crippen LogP) is 4.26. The highest BCUT2D eigenvalue weighted by Crippen LogP contribution is 2.28. The number of ether oxygens (including phenoxy) is 1. The van der Waals surface area contributed by atoms with Crippen LogP contribution in [0.5, 0.6) is 5.75 Å². The minimum Gasteiger partial charge on any atom is -0.497 e. The minimum absolute atomic E-state index is 0.734. The third-order valence-corrected chi connectivity index (χ3v) is 4.01. The normalized spacial score (nSPS) is 13.5. The van der Waals surface area contributed by atoms with Crippen molar-refractivity contribution in [2.75, 3.05) is 18.7 Å². The number of rotatable bonds is 5. The first kappa shape index (κ1) is 14.6. The Kier molecular flexibility index (Phi) is 4.42. The van der Waals surface area contributed by atoms with E-state index in [0.717, 1.165) is 31.8 Å². The van der Waals surface area contributed by atoms with Gasteiger partial charge in [0, 0.05) is 23.5 Å². The van der Waals surface area contributed by atoms with Crippen molar-refractivity contribution >= 4 is 11.4 Å². The molecule has 0 spiro atoms. The van der Waals surface area contributed by atoms with Gasteiger partial charge in [0.05, 0.1) is 7.11 Å². The Morgan fingerprint density at radius 1 is 1.09 bits per heavy atom. The molecule has 0 aliphatic carbocycles. The van der Waals surface area contributed by atoms with Crippen molar-refractivity contribution < 1.29 is 4.74 Å². The molecule has 0 unspecified atom stereocenters. The van der Waals surface area contributed by atoms with Gasteiger partial charge in [0.2, 0.25) is 0 Å². The zero-order chi connectivity index (χ0) is 15.4. The van der Waals surface area contributed by atoms with Gasteiger partial charge in [0.15, 0.2) is 0 Å². The molecule has 2 aromatic carbocycles. The molecule has 1 aliphatic rings. The average molecular weight is 294 g/mol. The molecule has 3 heteroatoms. The Morgan fingerprint density at radius 2 is 1.86 bits per heavy atom. The van der Waals surface area contributed by atoms with Crippen molar-refractivity contribution in [1.29, 1.82) is 0 Å². The molecule has 0 aromatic heterocycles. The topological polar surface area (TPSA) is 24.8 Å². The molecule has 22 heavy (non-hydrogen) atoms. The summed E-state index contributed by atoms with van der Waals surface area (Å²) in [5.74, 6) is 0.894. The van der Waals surface area contributed by atoms with Crippen molar-refractivity contribution in [3.63, 3.8) is 0 Å². The first-order valence-electron chi connectivity index (χ1n) is 7.82. The average Bonchev–Trinajstić information content (AvgIpc) is 2.58. The lowest BCUT2D eigenvalue weighted by Gasteiger charge is -2.30. The van der Waals surface area contributed by atoms with Crippen LogP contribution in [0.3, 0.4) is 0 Å². The SMILES string of the molecule is CCCC1=NCN(Cc2ccc(OC)cc2)c2ccccc21. The number of fused-ring (bicyclic) bond motifs is 1. The Labute approximate surface area is 132 Å². The number of benzene rings is 2. The monoisotopic (exact) mass is 294 g/mol. The van der Waals surface area contributed by atoms with E-state index in [9.17, 15) is 0 Å². The molecule has 0 N–H and O–H groups in total. The summed E-state index contributed by atoms with van der Waals surface area (Å²) in [6, 6.07) is 16.8. The van der Waals surface area contributed by atoms with Gasteiger partial charge in [-0.3, -0.25) is 4.99 Å². The molecule has 3 nitrogen and oxygen atoms in total. The van der Waals surface area contributed by atoms with Crippen molar-refractivity contribution in [1.82, 2.24) is 0 Å². The fourth-order valence-electron chi connectivity index (χ4n) is 2.86. The second-order valence-corrected chi connectivity index (χ2v) is 5.56. The molecule has 2 aromatic rings. The Bertz CT molecular complexity index is 661. The maximum Gasteiger partial charge on any atom is 0.118 e. The summed E-state index contributed by atoms with van der Waals surface area (Å²) in [5, 5.41) is 0. The van der Waals surface area contributed by atoms with Crippen molar-refractivity contribution in [2.24, 2.45) is 4.99 Å². The Hall–Kier alpha value is -2.29.